The van der Waals surface area contributed by atoms with E-state index in [1.807, 2.05) is 0 Å². The molecule has 2 rings (SSSR count). The smallest absolute Gasteiger partial charge is 0.259 e. The Morgan fingerprint density at radius 2 is 2.00 bits per heavy atom. The van der Waals surface area contributed by atoms with E-state index in [-0.39, 0.29) is 5.69 Å². The Labute approximate surface area is 78.9 Å². The molecule has 0 saturated heterocycles. The lowest BCUT2D eigenvalue weighted by atomic mass is 10.1. The van der Waals surface area contributed by atoms with Gasteiger partial charge in [0.25, 0.3) is 6.43 Å². The van der Waals surface area contributed by atoms with Crippen LogP contribution in [0.2, 0.25) is 0 Å². The maximum absolute atomic E-state index is 12.3. The summed E-state index contributed by atoms with van der Waals surface area (Å²) in [6.07, 6.45) is -2.58. The molecule has 2 aromatic rings. The van der Waals surface area contributed by atoms with Crippen LogP contribution in [0, 0.1) is 0 Å². The van der Waals surface area contributed by atoms with Gasteiger partial charge in [-0.1, -0.05) is 18.2 Å². The number of para-hydroxylation sites is 1. The Morgan fingerprint density at radius 3 is 2.71 bits per heavy atom. The molecule has 0 saturated carbocycles. The molecule has 0 fully saturated rings. The van der Waals surface area contributed by atoms with Crippen molar-refractivity contribution in [1.82, 2.24) is 10.2 Å². The summed E-state index contributed by atoms with van der Waals surface area (Å²) in [4.78, 5) is 0. The summed E-state index contributed by atoms with van der Waals surface area (Å²) in [5, 5.41) is 7.08. The van der Waals surface area contributed by atoms with Crippen LogP contribution < -0.4 is 5.73 Å². The lowest BCUT2D eigenvalue weighted by Gasteiger charge is -2.07. The first-order valence-electron chi connectivity index (χ1n) is 4.17. The fourth-order valence-corrected chi connectivity index (χ4v) is 1.36. The van der Waals surface area contributed by atoms with E-state index in [9.17, 15) is 8.78 Å². The summed E-state index contributed by atoms with van der Waals surface area (Å²) in [6, 6.07) is 5.71. The van der Waals surface area contributed by atoms with Crippen LogP contribution in [0.15, 0.2) is 24.3 Å². The molecule has 0 amide bonds. The number of aromatic amines is 1. The molecule has 0 bridgehead atoms. The topological polar surface area (TPSA) is 54.7 Å². The van der Waals surface area contributed by atoms with E-state index in [2.05, 4.69) is 10.2 Å². The summed E-state index contributed by atoms with van der Waals surface area (Å²) in [5.41, 5.74) is 6.27. The molecule has 0 aliphatic heterocycles. The van der Waals surface area contributed by atoms with E-state index in [1.165, 1.54) is 0 Å². The molecule has 74 valence electrons. The normalized spacial score (nSPS) is 13.7. The summed E-state index contributed by atoms with van der Waals surface area (Å²) >= 11 is 0. The Balaban J connectivity index is 2.53. The van der Waals surface area contributed by atoms with E-state index in [1.54, 1.807) is 24.3 Å². The lowest BCUT2D eigenvalue weighted by molar-refractivity contribution is 0.115. The van der Waals surface area contributed by atoms with Gasteiger partial charge in [0.05, 0.1) is 11.2 Å². The van der Waals surface area contributed by atoms with E-state index < -0.39 is 12.5 Å². The van der Waals surface area contributed by atoms with Gasteiger partial charge in [-0.2, -0.15) is 5.10 Å². The maximum atomic E-state index is 12.3. The first kappa shape index (κ1) is 9.08. The Kier molecular flexibility index (Phi) is 2.17. The molecule has 1 aromatic heterocycles. The summed E-state index contributed by atoms with van der Waals surface area (Å²) in [7, 11) is 0. The highest BCUT2D eigenvalue weighted by Crippen LogP contribution is 2.23. The molecule has 3 N–H and O–H groups in total. The van der Waals surface area contributed by atoms with Crippen LogP contribution in [-0.4, -0.2) is 16.6 Å². The minimum atomic E-state index is -2.58. The second-order valence-corrected chi connectivity index (χ2v) is 3.01. The number of aromatic nitrogens is 2. The predicted octanol–water partition coefficient (Wildman–Crippen LogP) is 1.83. The Hall–Kier alpha value is -1.49. The zero-order chi connectivity index (χ0) is 10.1. The van der Waals surface area contributed by atoms with Gasteiger partial charge in [-0.25, -0.2) is 8.78 Å². The minimum absolute atomic E-state index is 0.288. The number of rotatable bonds is 2. The van der Waals surface area contributed by atoms with Crippen molar-refractivity contribution in [2.24, 2.45) is 5.73 Å². The van der Waals surface area contributed by atoms with E-state index in [0.29, 0.717) is 10.9 Å². The molecule has 0 aliphatic carbocycles. The molecule has 5 heteroatoms. The summed E-state index contributed by atoms with van der Waals surface area (Å²) in [6.45, 7) is 0. The number of halogens is 2. The number of fused-ring (bicyclic) bond motifs is 1. The van der Waals surface area contributed by atoms with Crippen molar-refractivity contribution in [1.29, 1.82) is 0 Å². The van der Waals surface area contributed by atoms with Crippen LogP contribution in [0.4, 0.5) is 8.78 Å². The van der Waals surface area contributed by atoms with Gasteiger partial charge in [-0.05, 0) is 6.07 Å². The molecule has 0 spiro atoms. The van der Waals surface area contributed by atoms with Gasteiger partial charge < -0.3 is 5.73 Å². The highest BCUT2D eigenvalue weighted by molar-refractivity contribution is 5.81. The zero-order valence-electron chi connectivity index (χ0n) is 7.24. The fourth-order valence-electron chi connectivity index (χ4n) is 1.36. The van der Waals surface area contributed by atoms with Gasteiger partial charge in [0.2, 0.25) is 0 Å². The van der Waals surface area contributed by atoms with Crippen LogP contribution in [0.5, 0.6) is 0 Å². The molecular weight excluding hydrogens is 188 g/mol. The number of alkyl halides is 2. The standard InChI is InChI=1S/C9H9F2N3/c10-9(11)7(12)8-5-3-1-2-4-6(5)13-14-8/h1-4,7,9H,12H2,(H,13,14). The monoisotopic (exact) mass is 197 g/mol. The van der Waals surface area contributed by atoms with Crippen LogP contribution in [0.25, 0.3) is 10.9 Å². The van der Waals surface area contributed by atoms with Gasteiger partial charge in [0.1, 0.15) is 6.04 Å². The number of benzene rings is 1. The summed E-state index contributed by atoms with van der Waals surface area (Å²) < 4.78 is 24.7. The van der Waals surface area contributed by atoms with Crippen LogP contribution in [0.1, 0.15) is 11.7 Å². The SMILES string of the molecule is NC(c1[nH]nc2ccccc12)C(F)F. The molecule has 0 radical (unpaired) electrons. The van der Waals surface area contributed by atoms with Crippen molar-refractivity contribution in [2.45, 2.75) is 12.5 Å². The highest BCUT2D eigenvalue weighted by Gasteiger charge is 2.21. The molecule has 1 atom stereocenters. The van der Waals surface area contributed by atoms with E-state index >= 15 is 0 Å². The van der Waals surface area contributed by atoms with Crippen LogP contribution in [-0.2, 0) is 0 Å². The fraction of sp³-hybridized carbons (Fsp3) is 0.222. The number of H-pyrrole nitrogens is 1. The van der Waals surface area contributed by atoms with Crippen LogP contribution in [0.3, 0.4) is 0 Å². The second-order valence-electron chi connectivity index (χ2n) is 3.01. The molecule has 14 heavy (non-hydrogen) atoms. The van der Waals surface area contributed by atoms with Gasteiger partial charge in [-0.3, -0.25) is 5.10 Å². The first-order chi connectivity index (χ1) is 6.70. The van der Waals surface area contributed by atoms with Crippen molar-refractivity contribution in [3.8, 4) is 0 Å². The number of nitrogens with zero attached hydrogens (tertiary/aromatic N) is 1. The average Bonchev–Trinajstić information content (AvgIpc) is 2.60. The molecule has 1 unspecified atom stereocenters. The van der Waals surface area contributed by atoms with Gasteiger partial charge in [0, 0.05) is 5.39 Å². The van der Waals surface area contributed by atoms with Gasteiger partial charge >= 0.3 is 0 Å². The van der Waals surface area contributed by atoms with E-state index in [4.69, 9.17) is 5.73 Å². The number of hydrogen-bond donors (Lipinski definition) is 2. The highest BCUT2D eigenvalue weighted by atomic mass is 19.3. The zero-order valence-corrected chi connectivity index (χ0v) is 7.24. The van der Waals surface area contributed by atoms with Crippen molar-refractivity contribution >= 4 is 10.9 Å². The van der Waals surface area contributed by atoms with Crippen molar-refractivity contribution < 1.29 is 8.78 Å². The molecule has 0 aliphatic rings. The lowest BCUT2D eigenvalue weighted by Crippen LogP contribution is -2.19. The quantitative estimate of drug-likeness (QED) is 0.771. The molecule has 1 aromatic carbocycles. The van der Waals surface area contributed by atoms with E-state index in [0.717, 1.165) is 0 Å². The van der Waals surface area contributed by atoms with Gasteiger partial charge in [-0.15, -0.1) is 0 Å². The molecular formula is C9H9F2N3. The first-order valence-corrected chi connectivity index (χ1v) is 4.17. The van der Waals surface area contributed by atoms with Crippen LogP contribution >= 0.6 is 0 Å². The second kappa shape index (κ2) is 3.34. The average molecular weight is 197 g/mol. The largest absolute Gasteiger partial charge is 0.318 e. The number of nitrogens with one attached hydrogen (secondary N) is 1. The third kappa shape index (κ3) is 1.35. The molecule has 3 nitrogen and oxygen atoms in total. The van der Waals surface area contributed by atoms with Crippen molar-refractivity contribution in [2.75, 3.05) is 0 Å². The third-order valence-electron chi connectivity index (χ3n) is 2.10. The summed E-state index contributed by atoms with van der Waals surface area (Å²) in [5.74, 6) is 0. The third-order valence-corrected chi connectivity index (χ3v) is 2.10. The number of nitrogens with two attached hydrogens (primary N) is 1. The Morgan fingerprint density at radius 1 is 1.29 bits per heavy atom. The van der Waals surface area contributed by atoms with Gasteiger partial charge in [0.15, 0.2) is 0 Å². The van der Waals surface area contributed by atoms with Crippen molar-refractivity contribution in [3.63, 3.8) is 0 Å². The predicted molar refractivity (Wildman–Crippen MR) is 49.0 cm³/mol. The van der Waals surface area contributed by atoms with Crippen molar-refractivity contribution in [3.05, 3.63) is 30.0 Å². The number of hydrogen-bond acceptors (Lipinski definition) is 2. The maximum Gasteiger partial charge on any atom is 0.259 e. The minimum Gasteiger partial charge on any atom is -0.318 e. The molecule has 1 heterocycles. The Bertz CT molecular complexity index is 438.